The molecule has 3 aromatic carbocycles. The van der Waals surface area contributed by atoms with E-state index in [-0.39, 0.29) is 24.3 Å². The fraction of sp³-hybridized carbons (Fsp3) is 0.250. The average molecular weight is 457 g/mol. The van der Waals surface area contributed by atoms with Crippen LogP contribution in [0.5, 0.6) is 11.5 Å². The van der Waals surface area contributed by atoms with E-state index in [1.807, 2.05) is 18.2 Å². The maximum atomic E-state index is 13.3. The van der Waals surface area contributed by atoms with Crippen molar-refractivity contribution in [3.05, 3.63) is 95.6 Å². The number of aliphatic hydroxyl groups excluding tert-OH is 1. The molecular weight excluding hydrogens is 428 g/mol. The molecule has 8 heteroatoms. The van der Waals surface area contributed by atoms with Crippen molar-refractivity contribution in [2.24, 2.45) is 10.9 Å². The normalized spacial score (nSPS) is 15.5. The summed E-state index contributed by atoms with van der Waals surface area (Å²) >= 11 is 0. The Kier molecular flexibility index (Phi) is 7.20. The molecule has 0 saturated heterocycles. The number of aromatic hydroxyl groups is 1. The van der Waals surface area contributed by atoms with E-state index in [9.17, 15) is 18.6 Å². The Morgan fingerprint density at radius 2 is 1.56 bits per heavy atom. The number of phenols is 1. The number of sulfonamides is 1. The lowest BCUT2D eigenvalue weighted by Crippen LogP contribution is -2.56. The van der Waals surface area contributed by atoms with Crippen LogP contribution in [0.15, 0.2) is 78.9 Å². The summed E-state index contributed by atoms with van der Waals surface area (Å²) in [5.74, 6) is -0.492. The first-order valence-corrected chi connectivity index (χ1v) is 11.7. The summed E-state index contributed by atoms with van der Waals surface area (Å²) in [6, 6.07) is 22.1. The highest BCUT2D eigenvalue weighted by Gasteiger charge is 2.56. The molecule has 3 rings (SSSR count). The van der Waals surface area contributed by atoms with Gasteiger partial charge in [-0.15, -0.1) is 0 Å². The molecular formula is C24H28N2O5S. The monoisotopic (exact) mass is 456 g/mol. The minimum Gasteiger partial charge on any atom is -0.508 e. The Balaban J connectivity index is 2.34. The number of rotatable bonds is 9. The second kappa shape index (κ2) is 9.70. The van der Waals surface area contributed by atoms with Gasteiger partial charge in [0.1, 0.15) is 16.2 Å². The standard InChI is InChI=1S/C24H28N2O5S/c1-31-19-13-11-17(12-14-19)15-21(18-7-3-2-4-8-18)24(23(28)16-25,32(26,29)30)20-9-5-6-10-22(20)27/h2-14,21,23,27-28H,15-16,25H2,1H3,(H2,26,29,30). The maximum absolute atomic E-state index is 13.3. The maximum Gasteiger partial charge on any atom is 0.222 e. The van der Waals surface area contributed by atoms with Crippen molar-refractivity contribution >= 4 is 10.0 Å². The topological polar surface area (TPSA) is 136 Å². The molecule has 0 aliphatic carbocycles. The number of phenolic OH excluding ortho intramolecular Hbond substituents is 1. The number of hydrogen-bond acceptors (Lipinski definition) is 6. The number of methoxy groups -OCH3 is 1. The molecule has 0 aliphatic rings. The van der Waals surface area contributed by atoms with Crippen LogP contribution in [0.25, 0.3) is 0 Å². The Labute approximate surface area is 188 Å². The largest absolute Gasteiger partial charge is 0.508 e. The molecule has 0 fully saturated rings. The molecule has 0 saturated carbocycles. The molecule has 6 N–H and O–H groups in total. The van der Waals surface area contributed by atoms with Crippen LogP contribution in [0.4, 0.5) is 0 Å². The summed E-state index contributed by atoms with van der Waals surface area (Å²) < 4.78 is 29.8. The molecule has 0 radical (unpaired) electrons. The highest BCUT2D eigenvalue weighted by Crippen LogP contribution is 2.49. The highest BCUT2D eigenvalue weighted by atomic mass is 32.2. The fourth-order valence-corrected chi connectivity index (χ4v) is 5.89. The summed E-state index contributed by atoms with van der Waals surface area (Å²) in [6.45, 7) is -0.378. The predicted molar refractivity (Wildman–Crippen MR) is 124 cm³/mol. The van der Waals surface area contributed by atoms with E-state index in [2.05, 4.69) is 0 Å². The lowest BCUT2D eigenvalue weighted by molar-refractivity contribution is 0.112. The average Bonchev–Trinajstić information content (AvgIpc) is 2.79. The fourth-order valence-electron chi connectivity index (χ4n) is 4.32. The van der Waals surface area contributed by atoms with Crippen molar-refractivity contribution in [2.45, 2.75) is 23.2 Å². The van der Waals surface area contributed by atoms with E-state index in [1.54, 1.807) is 55.6 Å². The molecule has 0 aliphatic heterocycles. The second-order valence-electron chi connectivity index (χ2n) is 7.62. The van der Waals surface area contributed by atoms with Gasteiger partial charge in [-0.1, -0.05) is 60.7 Å². The zero-order valence-electron chi connectivity index (χ0n) is 17.8. The Morgan fingerprint density at radius 3 is 2.09 bits per heavy atom. The van der Waals surface area contributed by atoms with E-state index >= 15 is 0 Å². The Hall–Kier alpha value is -2.91. The molecule has 0 amide bonds. The molecule has 0 spiro atoms. The quantitative estimate of drug-likeness (QED) is 0.390. The minimum absolute atomic E-state index is 0.00261. The van der Waals surface area contributed by atoms with Crippen LogP contribution in [-0.2, 0) is 21.2 Å². The summed E-state index contributed by atoms with van der Waals surface area (Å²) in [7, 11) is -2.95. The van der Waals surface area contributed by atoms with Gasteiger partial charge in [-0.2, -0.15) is 0 Å². The van der Waals surface area contributed by atoms with Gasteiger partial charge in [0, 0.05) is 18.0 Å². The van der Waals surface area contributed by atoms with E-state index in [0.29, 0.717) is 11.3 Å². The van der Waals surface area contributed by atoms with Gasteiger partial charge in [-0.25, -0.2) is 13.6 Å². The van der Waals surface area contributed by atoms with Gasteiger partial charge in [0.15, 0.2) is 0 Å². The molecule has 7 nitrogen and oxygen atoms in total. The number of primary sulfonamides is 1. The van der Waals surface area contributed by atoms with Crippen LogP contribution in [0, 0.1) is 0 Å². The third-order valence-electron chi connectivity index (χ3n) is 5.83. The molecule has 32 heavy (non-hydrogen) atoms. The molecule has 0 bridgehead atoms. The predicted octanol–water partition coefficient (Wildman–Crippen LogP) is 2.23. The first-order valence-electron chi connectivity index (χ1n) is 10.1. The van der Waals surface area contributed by atoms with Crippen molar-refractivity contribution in [2.75, 3.05) is 13.7 Å². The van der Waals surface area contributed by atoms with E-state index < -0.39 is 26.8 Å². The first-order chi connectivity index (χ1) is 15.3. The number of aliphatic hydroxyl groups is 1. The lowest BCUT2D eigenvalue weighted by Gasteiger charge is -2.43. The van der Waals surface area contributed by atoms with E-state index in [1.165, 1.54) is 12.1 Å². The van der Waals surface area contributed by atoms with Gasteiger partial charge in [0.25, 0.3) is 0 Å². The van der Waals surface area contributed by atoms with Gasteiger partial charge in [0.05, 0.1) is 13.2 Å². The second-order valence-corrected chi connectivity index (χ2v) is 9.39. The highest BCUT2D eigenvalue weighted by molar-refractivity contribution is 7.90. The van der Waals surface area contributed by atoms with Crippen LogP contribution in [-0.4, -0.2) is 38.4 Å². The van der Waals surface area contributed by atoms with Gasteiger partial charge in [-0.05, 0) is 35.7 Å². The van der Waals surface area contributed by atoms with Crippen molar-refractivity contribution in [3.8, 4) is 11.5 Å². The first kappa shape index (κ1) is 23.7. The molecule has 0 aromatic heterocycles. The Bertz CT molecular complexity index is 1140. The summed E-state index contributed by atoms with van der Waals surface area (Å²) in [5, 5.41) is 27.7. The van der Waals surface area contributed by atoms with Crippen molar-refractivity contribution < 1.29 is 23.4 Å². The van der Waals surface area contributed by atoms with Gasteiger partial charge in [0.2, 0.25) is 10.0 Å². The van der Waals surface area contributed by atoms with Gasteiger partial charge >= 0.3 is 0 Å². The molecule has 3 atom stereocenters. The van der Waals surface area contributed by atoms with Crippen molar-refractivity contribution in [1.29, 1.82) is 0 Å². The molecule has 0 heterocycles. The summed E-state index contributed by atoms with van der Waals surface area (Å²) in [6.07, 6.45) is -1.38. The van der Waals surface area contributed by atoms with E-state index in [4.69, 9.17) is 15.6 Å². The summed E-state index contributed by atoms with van der Waals surface area (Å²) in [4.78, 5) is 0. The van der Waals surface area contributed by atoms with Crippen molar-refractivity contribution in [1.82, 2.24) is 0 Å². The lowest BCUT2D eigenvalue weighted by atomic mass is 9.73. The number of para-hydroxylation sites is 1. The number of benzene rings is 3. The number of ether oxygens (including phenoxy) is 1. The third kappa shape index (κ3) is 4.35. The SMILES string of the molecule is COc1ccc(CC(c2ccccc2)C(c2ccccc2O)(C(O)CN)S(N)(=O)=O)cc1. The van der Waals surface area contributed by atoms with Gasteiger partial charge < -0.3 is 20.7 Å². The Morgan fingerprint density at radius 1 is 0.969 bits per heavy atom. The van der Waals surface area contributed by atoms with Crippen LogP contribution in [0.1, 0.15) is 22.6 Å². The number of nitrogens with two attached hydrogens (primary N) is 2. The van der Waals surface area contributed by atoms with Crippen molar-refractivity contribution in [3.63, 3.8) is 0 Å². The zero-order valence-corrected chi connectivity index (χ0v) is 18.6. The third-order valence-corrected chi connectivity index (χ3v) is 7.55. The molecule has 3 unspecified atom stereocenters. The van der Waals surface area contributed by atoms with Crippen LogP contribution in [0.2, 0.25) is 0 Å². The van der Waals surface area contributed by atoms with Crippen LogP contribution >= 0.6 is 0 Å². The molecule has 170 valence electrons. The number of hydrogen-bond donors (Lipinski definition) is 4. The molecule has 3 aromatic rings. The van der Waals surface area contributed by atoms with Gasteiger partial charge in [-0.3, -0.25) is 0 Å². The zero-order chi connectivity index (χ0) is 23.4. The van der Waals surface area contributed by atoms with E-state index in [0.717, 1.165) is 5.56 Å². The van der Waals surface area contributed by atoms with Crippen LogP contribution in [0.3, 0.4) is 0 Å². The smallest absolute Gasteiger partial charge is 0.222 e. The van der Waals surface area contributed by atoms with Crippen LogP contribution < -0.4 is 15.6 Å². The minimum atomic E-state index is -4.51. The summed E-state index contributed by atoms with van der Waals surface area (Å²) in [5.41, 5.74) is 7.25.